The number of hydrogen-bond acceptors (Lipinski definition) is 1. The molecule has 1 aromatic heterocycles. The highest BCUT2D eigenvalue weighted by Gasteiger charge is 2.39. The molecule has 5 aromatic rings. The maximum atomic E-state index is 4.26. The molecule has 0 atom stereocenters. The molecule has 0 spiro atoms. The minimum absolute atomic E-state index is 0.196. The molecular formula is C50H52N2. The maximum absolute atomic E-state index is 4.26. The van der Waals surface area contributed by atoms with Crippen LogP contribution in [0.25, 0.3) is 45.1 Å². The number of nitrogens with zero attached hydrogens (tertiary/aromatic N) is 2. The van der Waals surface area contributed by atoms with Gasteiger partial charge in [-0.15, -0.1) is 0 Å². The van der Waals surface area contributed by atoms with Crippen LogP contribution >= 0.6 is 0 Å². The molecular weight excluding hydrogens is 629 g/mol. The van der Waals surface area contributed by atoms with Gasteiger partial charge in [-0.2, -0.15) is 0 Å². The van der Waals surface area contributed by atoms with E-state index in [2.05, 4.69) is 170 Å². The summed E-state index contributed by atoms with van der Waals surface area (Å²) in [4.78, 5) is 2.53. The van der Waals surface area contributed by atoms with Crippen LogP contribution < -0.4 is 4.90 Å². The van der Waals surface area contributed by atoms with Gasteiger partial charge in [0.05, 0.1) is 5.52 Å². The summed E-state index contributed by atoms with van der Waals surface area (Å²) in [6.07, 6.45) is 15.1. The third-order valence-corrected chi connectivity index (χ3v) is 11.7. The Kier molecular flexibility index (Phi) is 8.99. The standard InChI is InChI=1S/C50H52N2/c1-12-19-39(31(6)13-2)33(8)48(34-22-23-34)45(16-5)52(36-24-26-41-40-20-17-18-21-46(40)51(11)47(41)30-36)35-25-27-42-43(29-35)50(9,10)44-28-32(7)37(14-3)38(15-4)49(42)44/h12-21,24-30,34H,2-4,22-23H2,1,5-11H3/b19-12-,39-31+,45-16+,48-33+. The number of anilines is 2. The van der Waals surface area contributed by atoms with E-state index in [0.29, 0.717) is 5.92 Å². The molecule has 4 aromatic carbocycles. The lowest BCUT2D eigenvalue weighted by Gasteiger charge is -2.32. The van der Waals surface area contributed by atoms with E-state index in [-0.39, 0.29) is 5.41 Å². The van der Waals surface area contributed by atoms with Crippen molar-refractivity contribution in [1.82, 2.24) is 4.57 Å². The average Bonchev–Trinajstić information content (AvgIpc) is 3.92. The van der Waals surface area contributed by atoms with Crippen molar-refractivity contribution in [2.75, 3.05) is 4.90 Å². The lowest BCUT2D eigenvalue weighted by molar-refractivity contribution is 0.659. The van der Waals surface area contributed by atoms with Gasteiger partial charge in [0.25, 0.3) is 0 Å². The molecule has 52 heavy (non-hydrogen) atoms. The van der Waals surface area contributed by atoms with Crippen LogP contribution in [0.4, 0.5) is 11.4 Å². The van der Waals surface area contributed by atoms with Gasteiger partial charge in [0.2, 0.25) is 0 Å². The van der Waals surface area contributed by atoms with Gasteiger partial charge in [-0.3, -0.25) is 0 Å². The molecule has 1 saturated carbocycles. The molecule has 262 valence electrons. The van der Waals surface area contributed by atoms with Gasteiger partial charge in [0, 0.05) is 45.8 Å². The summed E-state index contributed by atoms with van der Waals surface area (Å²) in [7, 11) is 2.19. The Morgan fingerprint density at radius 1 is 0.827 bits per heavy atom. The van der Waals surface area contributed by atoms with E-state index in [1.807, 2.05) is 18.2 Å². The van der Waals surface area contributed by atoms with Crippen molar-refractivity contribution >= 4 is 45.3 Å². The van der Waals surface area contributed by atoms with Gasteiger partial charge in [-0.1, -0.05) is 106 Å². The number of hydrogen-bond donors (Lipinski definition) is 0. The monoisotopic (exact) mass is 680 g/mol. The molecule has 0 radical (unpaired) electrons. The fourth-order valence-electron chi connectivity index (χ4n) is 8.85. The third-order valence-electron chi connectivity index (χ3n) is 11.7. The van der Waals surface area contributed by atoms with Gasteiger partial charge < -0.3 is 9.47 Å². The van der Waals surface area contributed by atoms with Crippen LogP contribution in [0.15, 0.2) is 139 Å². The van der Waals surface area contributed by atoms with Gasteiger partial charge in [0.15, 0.2) is 0 Å². The zero-order valence-corrected chi connectivity index (χ0v) is 32.3. The second-order valence-corrected chi connectivity index (χ2v) is 15.1. The number of benzene rings is 4. The summed E-state index contributed by atoms with van der Waals surface area (Å²) >= 11 is 0. The van der Waals surface area contributed by atoms with E-state index in [0.717, 1.165) is 16.9 Å². The lowest BCUT2D eigenvalue weighted by Crippen LogP contribution is -2.21. The quantitative estimate of drug-likeness (QED) is 0.133. The first-order chi connectivity index (χ1) is 25.0. The van der Waals surface area contributed by atoms with Crippen molar-refractivity contribution in [2.45, 2.75) is 66.7 Å². The fourth-order valence-corrected chi connectivity index (χ4v) is 8.85. The predicted molar refractivity (Wildman–Crippen MR) is 228 cm³/mol. The van der Waals surface area contributed by atoms with Crippen LogP contribution in [-0.4, -0.2) is 4.57 Å². The van der Waals surface area contributed by atoms with Crippen LogP contribution in [0.2, 0.25) is 0 Å². The van der Waals surface area contributed by atoms with Gasteiger partial charge in [-0.05, 0) is 145 Å². The normalized spacial score (nSPS) is 16.1. The van der Waals surface area contributed by atoms with Crippen molar-refractivity contribution in [1.29, 1.82) is 0 Å². The van der Waals surface area contributed by atoms with Crippen LogP contribution in [0.3, 0.4) is 0 Å². The van der Waals surface area contributed by atoms with Crippen molar-refractivity contribution in [3.63, 3.8) is 0 Å². The SMILES string of the molecule is C=C/C(C)=C(\C=C/C)C(/C)=C(/C(=C\C)N(c1ccc2c(c1)C(C)(C)c1cc(C)c(C=C)c(C=C)c1-2)c1ccc2c3ccccc3n(C)c2c1)C1CC1. The second kappa shape index (κ2) is 13.3. The average molecular weight is 681 g/mol. The topological polar surface area (TPSA) is 8.17 Å². The summed E-state index contributed by atoms with van der Waals surface area (Å²) in [6.45, 7) is 28.3. The number of rotatable bonds is 10. The molecule has 2 heteroatoms. The van der Waals surface area contributed by atoms with Crippen LogP contribution in [0.1, 0.15) is 82.2 Å². The molecule has 0 amide bonds. The fraction of sp³-hybridized carbons (Fsp3) is 0.240. The minimum Gasteiger partial charge on any atom is -0.344 e. The van der Waals surface area contributed by atoms with Crippen LogP contribution in [0, 0.1) is 12.8 Å². The van der Waals surface area contributed by atoms with Gasteiger partial charge >= 0.3 is 0 Å². The number of aromatic nitrogens is 1. The smallest absolute Gasteiger partial charge is 0.0509 e. The molecule has 0 bridgehead atoms. The number of fused-ring (bicyclic) bond motifs is 6. The zero-order valence-electron chi connectivity index (χ0n) is 32.3. The zero-order chi connectivity index (χ0) is 37.1. The minimum atomic E-state index is -0.196. The van der Waals surface area contributed by atoms with Crippen LogP contribution in [-0.2, 0) is 12.5 Å². The molecule has 0 unspecified atom stereocenters. The molecule has 1 heterocycles. The first kappa shape index (κ1) is 35.1. The largest absolute Gasteiger partial charge is 0.344 e. The van der Waals surface area contributed by atoms with Crippen LogP contribution in [0.5, 0.6) is 0 Å². The highest BCUT2D eigenvalue weighted by Crippen LogP contribution is 2.54. The van der Waals surface area contributed by atoms with Crippen molar-refractivity contribution in [3.05, 3.63) is 167 Å². The number of para-hydroxylation sites is 1. The summed E-state index contributed by atoms with van der Waals surface area (Å²) in [5.41, 5.74) is 19.8. The van der Waals surface area contributed by atoms with E-state index >= 15 is 0 Å². The van der Waals surface area contributed by atoms with E-state index in [1.54, 1.807) is 0 Å². The summed E-state index contributed by atoms with van der Waals surface area (Å²) in [5, 5.41) is 2.55. The molecule has 7 rings (SSSR count). The Morgan fingerprint density at radius 2 is 1.50 bits per heavy atom. The highest BCUT2D eigenvalue weighted by atomic mass is 15.2. The number of aryl methyl sites for hydroxylation is 2. The first-order valence-corrected chi connectivity index (χ1v) is 18.7. The maximum Gasteiger partial charge on any atom is 0.0509 e. The summed E-state index contributed by atoms with van der Waals surface area (Å²) in [6, 6.07) is 25.2. The molecule has 0 saturated heterocycles. The Labute approximate surface area is 311 Å². The highest BCUT2D eigenvalue weighted by molar-refractivity contribution is 6.09. The molecule has 2 nitrogen and oxygen atoms in total. The Morgan fingerprint density at radius 3 is 2.15 bits per heavy atom. The van der Waals surface area contributed by atoms with E-state index in [9.17, 15) is 0 Å². The van der Waals surface area contributed by atoms with E-state index in [1.165, 1.54) is 96.0 Å². The Hall–Kier alpha value is -5.34. The number of allylic oxidation sites excluding steroid dienone is 8. The Balaban J connectivity index is 1.52. The summed E-state index contributed by atoms with van der Waals surface area (Å²) in [5.74, 6) is 0.499. The van der Waals surface area contributed by atoms with Crippen molar-refractivity contribution in [3.8, 4) is 11.1 Å². The summed E-state index contributed by atoms with van der Waals surface area (Å²) < 4.78 is 2.34. The van der Waals surface area contributed by atoms with E-state index < -0.39 is 0 Å². The predicted octanol–water partition coefficient (Wildman–Crippen LogP) is 14.1. The van der Waals surface area contributed by atoms with Gasteiger partial charge in [-0.25, -0.2) is 0 Å². The molecule has 1 fully saturated rings. The van der Waals surface area contributed by atoms with Crippen molar-refractivity contribution in [2.24, 2.45) is 13.0 Å². The Bertz CT molecular complexity index is 2440. The second-order valence-electron chi connectivity index (χ2n) is 15.1. The van der Waals surface area contributed by atoms with Gasteiger partial charge in [0.1, 0.15) is 0 Å². The lowest BCUT2D eigenvalue weighted by atomic mass is 9.80. The molecule has 0 N–H and O–H groups in total. The van der Waals surface area contributed by atoms with Crippen molar-refractivity contribution < 1.29 is 0 Å². The molecule has 2 aliphatic carbocycles. The first-order valence-electron chi connectivity index (χ1n) is 18.7. The molecule has 0 aliphatic heterocycles. The third kappa shape index (κ3) is 5.39. The molecule has 2 aliphatic rings. The van der Waals surface area contributed by atoms with E-state index in [4.69, 9.17) is 0 Å².